The maximum atomic E-state index is 13.3. The van der Waals surface area contributed by atoms with Crippen molar-refractivity contribution in [3.63, 3.8) is 0 Å². The molecule has 5 nitrogen and oxygen atoms in total. The maximum Gasteiger partial charge on any atom is 0.349 e. The highest BCUT2D eigenvalue weighted by atomic mass is 35.5. The first-order valence-electron chi connectivity index (χ1n) is 6.41. The van der Waals surface area contributed by atoms with Crippen LogP contribution in [0.2, 0.25) is 5.02 Å². The SMILES string of the molecule is O=C(O)c1sc(-c2cccnc2)nc1Nc1cc(F)ccc1Cl. The van der Waals surface area contributed by atoms with E-state index in [-0.39, 0.29) is 21.4 Å². The van der Waals surface area contributed by atoms with Crippen LogP contribution >= 0.6 is 22.9 Å². The average Bonchev–Trinajstić information content (AvgIpc) is 2.96. The first-order valence-corrected chi connectivity index (χ1v) is 7.60. The van der Waals surface area contributed by atoms with E-state index in [1.165, 1.54) is 18.2 Å². The number of hydrogen-bond donors (Lipinski definition) is 2. The van der Waals surface area contributed by atoms with Crippen LogP contribution in [0.15, 0.2) is 42.7 Å². The summed E-state index contributed by atoms with van der Waals surface area (Å²) in [7, 11) is 0. The Morgan fingerprint density at radius 2 is 2.17 bits per heavy atom. The van der Waals surface area contributed by atoms with E-state index < -0.39 is 11.8 Å². The van der Waals surface area contributed by atoms with Crippen molar-refractivity contribution >= 4 is 40.4 Å². The Morgan fingerprint density at radius 3 is 2.87 bits per heavy atom. The summed E-state index contributed by atoms with van der Waals surface area (Å²) in [5, 5.41) is 12.9. The summed E-state index contributed by atoms with van der Waals surface area (Å²) in [6, 6.07) is 7.28. The molecule has 2 heterocycles. The fraction of sp³-hybridized carbons (Fsp3) is 0. The second kappa shape index (κ2) is 6.31. The van der Waals surface area contributed by atoms with Crippen LogP contribution in [0.4, 0.5) is 15.9 Å². The van der Waals surface area contributed by atoms with Gasteiger partial charge in [-0.15, -0.1) is 11.3 Å². The third-order valence-electron chi connectivity index (χ3n) is 2.91. The van der Waals surface area contributed by atoms with Crippen LogP contribution in [0.5, 0.6) is 0 Å². The number of nitrogens with zero attached hydrogens (tertiary/aromatic N) is 2. The first-order chi connectivity index (χ1) is 11.0. The minimum absolute atomic E-state index is 0.00387. The van der Waals surface area contributed by atoms with Crippen LogP contribution in [0, 0.1) is 5.82 Å². The van der Waals surface area contributed by atoms with Crippen LogP contribution in [-0.2, 0) is 0 Å². The van der Waals surface area contributed by atoms with Crippen molar-refractivity contribution < 1.29 is 14.3 Å². The summed E-state index contributed by atoms with van der Waals surface area (Å²) in [4.78, 5) is 19.7. The van der Waals surface area contributed by atoms with E-state index in [2.05, 4.69) is 15.3 Å². The van der Waals surface area contributed by atoms with Crippen LogP contribution < -0.4 is 5.32 Å². The van der Waals surface area contributed by atoms with E-state index in [0.717, 1.165) is 11.3 Å². The number of halogens is 2. The molecule has 0 spiro atoms. The number of hydrogen-bond acceptors (Lipinski definition) is 5. The Balaban J connectivity index is 2.03. The number of thiazole rings is 1. The van der Waals surface area contributed by atoms with Crippen molar-refractivity contribution in [1.82, 2.24) is 9.97 Å². The topological polar surface area (TPSA) is 75.1 Å². The Morgan fingerprint density at radius 1 is 1.35 bits per heavy atom. The fourth-order valence-corrected chi connectivity index (χ4v) is 2.90. The van der Waals surface area contributed by atoms with Gasteiger partial charge in [0.05, 0.1) is 10.7 Å². The molecule has 116 valence electrons. The van der Waals surface area contributed by atoms with Crippen molar-refractivity contribution in [2.24, 2.45) is 0 Å². The van der Waals surface area contributed by atoms with Gasteiger partial charge in [0.25, 0.3) is 0 Å². The van der Waals surface area contributed by atoms with Crippen molar-refractivity contribution in [3.05, 3.63) is 58.4 Å². The number of carbonyl (C=O) groups is 1. The van der Waals surface area contributed by atoms with E-state index in [0.29, 0.717) is 10.6 Å². The molecular formula is C15H9ClFN3O2S. The molecule has 0 amide bonds. The molecule has 3 aromatic rings. The lowest BCUT2D eigenvalue weighted by atomic mass is 10.3. The van der Waals surface area contributed by atoms with Crippen LogP contribution in [-0.4, -0.2) is 21.0 Å². The number of pyridine rings is 1. The predicted octanol–water partition coefficient (Wildman–Crippen LogP) is 4.44. The number of nitrogens with one attached hydrogen (secondary N) is 1. The highest BCUT2D eigenvalue weighted by molar-refractivity contribution is 7.17. The summed E-state index contributed by atoms with van der Waals surface area (Å²) in [6.07, 6.45) is 3.20. The maximum absolute atomic E-state index is 13.3. The highest BCUT2D eigenvalue weighted by Crippen LogP contribution is 2.34. The van der Waals surface area contributed by atoms with Crippen molar-refractivity contribution in [3.8, 4) is 10.6 Å². The fourth-order valence-electron chi connectivity index (χ4n) is 1.88. The number of aromatic carboxylic acids is 1. The molecule has 0 aliphatic carbocycles. The minimum atomic E-state index is -1.13. The highest BCUT2D eigenvalue weighted by Gasteiger charge is 2.19. The van der Waals surface area contributed by atoms with Crippen molar-refractivity contribution in [2.45, 2.75) is 0 Å². The molecule has 3 rings (SSSR count). The normalized spacial score (nSPS) is 10.5. The molecule has 0 aliphatic heterocycles. The van der Waals surface area contributed by atoms with Crippen LogP contribution in [0.1, 0.15) is 9.67 Å². The molecule has 1 aromatic carbocycles. The molecule has 8 heteroatoms. The summed E-state index contributed by atoms with van der Waals surface area (Å²) in [5.41, 5.74) is 0.940. The van der Waals surface area contributed by atoms with Gasteiger partial charge in [-0.25, -0.2) is 14.2 Å². The predicted molar refractivity (Wildman–Crippen MR) is 87.0 cm³/mol. The summed E-state index contributed by atoms with van der Waals surface area (Å²) in [5.74, 6) is -1.52. The number of carboxylic acids is 1. The van der Waals surface area contributed by atoms with Gasteiger partial charge in [-0.2, -0.15) is 0 Å². The number of aromatic nitrogens is 2. The number of carboxylic acid groups (broad SMARTS) is 1. The summed E-state index contributed by atoms with van der Waals surface area (Å²) in [6.45, 7) is 0. The molecule has 0 saturated carbocycles. The van der Waals surface area contributed by atoms with Gasteiger partial charge in [-0.1, -0.05) is 11.6 Å². The zero-order chi connectivity index (χ0) is 16.4. The number of benzene rings is 1. The van der Waals surface area contributed by atoms with Crippen LogP contribution in [0.3, 0.4) is 0 Å². The second-order valence-electron chi connectivity index (χ2n) is 4.49. The zero-order valence-electron chi connectivity index (χ0n) is 11.5. The van der Waals surface area contributed by atoms with Crippen molar-refractivity contribution in [1.29, 1.82) is 0 Å². The summed E-state index contributed by atoms with van der Waals surface area (Å²) >= 11 is 6.99. The number of rotatable bonds is 4. The molecule has 2 aromatic heterocycles. The molecule has 0 bridgehead atoms. The molecule has 2 N–H and O–H groups in total. The third-order valence-corrected chi connectivity index (χ3v) is 4.33. The smallest absolute Gasteiger partial charge is 0.349 e. The Bertz CT molecular complexity index is 870. The van der Waals surface area contributed by atoms with Gasteiger partial charge in [0.2, 0.25) is 0 Å². The molecule has 0 fully saturated rings. The van der Waals surface area contributed by atoms with Gasteiger partial charge in [0.1, 0.15) is 10.8 Å². The lowest BCUT2D eigenvalue weighted by Crippen LogP contribution is -2.00. The molecular weight excluding hydrogens is 341 g/mol. The molecule has 0 aliphatic rings. The quantitative estimate of drug-likeness (QED) is 0.728. The van der Waals surface area contributed by atoms with E-state index in [1.54, 1.807) is 24.5 Å². The van der Waals surface area contributed by atoms with Crippen LogP contribution in [0.25, 0.3) is 10.6 Å². The van der Waals surface area contributed by atoms with E-state index >= 15 is 0 Å². The van der Waals surface area contributed by atoms with Crippen molar-refractivity contribution in [2.75, 3.05) is 5.32 Å². The lowest BCUT2D eigenvalue weighted by molar-refractivity contribution is 0.0703. The Labute approximate surface area is 139 Å². The molecule has 0 unspecified atom stereocenters. The molecule has 23 heavy (non-hydrogen) atoms. The van der Waals surface area contributed by atoms with E-state index in [1.807, 2.05) is 0 Å². The molecule has 0 radical (unpaired) electrons. The average molecular weight is 350 g/mol. The van der Waals surface area contributed by atoms with Gasteiger partial charge < -0.3 is 10.4 Å². The lowest BCUT2D eigenvalue weighted by Gasteiger charge is -2.06. The third kappa shape index (κ3) is 3.30. The standard InChI is InChI=1S/C15H9ClFN3O2S/c16-10-4-3-9(17)6-11(10)19-13-12(15(21)22)23-14(20-13)8-2-1-5-18-7-8/h1-7,19H,(H,21,22). The minimum Gasteiger partial charge on any atom is -0.477 e. The second-order valence-corrected chi connectivity index (χ2v) is 5.90. The van der Waals surface area contributed by atoms with Gasteiger partial charge in [-0.05, 0) is 30.3 Å². The van der Waals surface area contributed by atoms with E-state index in [4.69, 9.17) is 11.6 Å². The van der Waals surface area contributed by atoms with Gasteiger partial charge in [0.15, 0.2) is 10.7 Å². The number of anilines is 2. The Hall–Kier alpha value is -2.51. The van der Waals surface area contributed by atoms with E-state index in [9.17, 15) is 14.3 Å². The molecule has 0 atom stereocenters. The molecule has 0 saturated heterocycles. The van der Waals surface area contributed by atoms with Gasteiger partial charge in [-0.3, -0.25) is 4.98 Å². The monoisotopic (exact) mass is 349 g/mol. The zero-order valence-corrected chi connectivity index (χ0v) is 13.0. The Kier molecular flexibility index (Phi) is 4.22. The van der Waals surface area contributed by atoms with Gasteiger partial charge >= 0.3 is 5.97 Å². The van der Waals surface area contributed by atoms with Gasteiger partial charge in [0, 0.05) is 18.0 Å². The summed E-state index contributed by atoms with van der Waals surface area (Å²) < 4.78 is 13.3. The first kappa shape index (κ1) is 15.4. The largest absolute Gasteiger partial charge is 0.477 e.